The van der Waals surface area contributed by atoms with Crippen LogP contribution in [0.4, 0.5) is 0 Å². The predicted molar refractivity (Wildman–Crippen MR) is 66.1 cm³/mol. The molecule has 0 saturated heterocycles. The van der Waals surface area contributed by atoms with Crippen molar-refractivity contribution >= 4 is 23.2 Å². The highest BCUT2D eigenvalue weighted by Gasteiger charge is 2.06. The molecule has 0 aliphatic carbocycles. The number of ether oxygens (including phenoxy) is 1. The maximum absolute atomic E-state index is 9.41. The van der Waals surface area contributed by atoms with Crippen molar-refractivity contribution in [2.75, 3.05) is 20.3 Å². The van der Waals surface area contributed by atoms with Crippen molar-refractivity contribution in [3.05, 3.63) is 33.8 Å². The Balaban J connectivity index is 2.43. The Labute approximate surface area is 105 Å². The van der Waals surface area contributed by atoms with E-state index in [0.29, 0.717) is 29.7 Å². The van der Waals surface area contributed by atoms with Gasteiger partial charge in [-0.1, -0.05) is 29.3 Å². The van der Waals surface area contributed by atoms with Crippen molar-refractivity contribution < 1.29 is 9.84 Å². The summed E-state index contributed by atoms with van der Waals surface area (Å²) in [5.41, 5.74) is 0.843. The van der Waals surface area contributed by atoms with Crippen LogP contribution in [0.5, 0.6) is 0 Å². The highest BCUT2D eigenvalue weighted by molar-refractivity contribution is 6.35. The standard InChI is InChI=1S/C11H15Cl2NO2/c1-16-7-8(15)5-14-6-9-10(12)3-2-4-11(9)13/h2-4,8,14-15H,5-7H2,1H3. The normalized spacial score (nSPS) is 12.8. The van der Waals surface area contributed by atoms with Crippen LogP contribution in [0.3, 0.4) is 0 Å². The molecule has 5 heteroatoms. The lowest BCUT2D eigenvalue weighted by molar-refractivity contribution is 0.0644. The van der Waals surface area contributed by atoms with Gasteiger partial charge >= 0.3 is 0 Å². The van der Waals surface area contributed by atoms with Gasteiger partial charge in [0.25, 0.3) is 0 Å². The van der Waals surface area contributed by atoms with Gasteiger partial charge in [-0.05, 0) is 12.1 Å². The molecule has 1 rings (SSSR count). The SMILES string of the molecule is COCC(O)CNCc1c(Cl)cccc1Cl. The Morgan fingerprint density at radius 3 is 2.56 bits per heavy atom. The molecule has 16 heavy (non-hydrogen) atoms. The minimum atomic E-state index is -0.522. The number of nitrogens with one attached hydrogen (secondary N) is 1. The first kappa shape index (κ1) is 13.7. The molecule has 1 aromatic carbocycles. The molecule has 90 valence electrons. The third kappa shape index (κ3) is 4.28. The van der Waals surface area contributed by atoms with E-state index in [4.69, 9.17) is 27.9 Å². The fourth-order valence-corrected chi connectivity index (χ4v) is 1.85. The second-order valence-electron chi connectivity index (χ2n) is 3.44. The van der Waals surface area contributed by atoms with Crippen LogP contribution in [0.25, 0.3) is 0 Å². The van der Waals surface area contributed by atoms with Gasteiger partial charge in [-0.15, -0.1) is 0 Å². The molecule has 2 N–H and O–H groups in total. The zero-order valence-electron chi connectivity index (χ0n) is 9.04. The first-order valence-corrected chi connectivity index (χ1v) is 5.71. The summed E-state index contributed by atoms with van der Waals surface area (Å²) >= 11 is 12.0. The van der Waals surface area contributed by atoms with Gasteiger partial charge in [0.05, 0.1) is 12.7 Å². The van der Waals surface area contributed by atoms with Gasteiger partial charge in [-0.3, -0.25) is 0 Å². The minimum absolute atomic E-state index is 0.309. The lowest BCUT2D eigenvalue weighted by atomic mass is 10.2. The molecule has 0 heterocycles. The van der Waals surface area contributed by atoms with Crippen molar-refractivity contribution in [2.24, 2.45) is 0 Å². The lowest BCUT2D eigenvalue weighted by Gasteiger charge is -2.12. The fourth-order valence-electron chi connectivity index (χ4n) is 1.32. The van der Waals surface area contributed by atoms with Gasteiger partial charge < -0.3 is 15.2 Å². The third-order valence-corrected chi connectivity index (χ3v) is 2.81. The Bertz CT molecular complexity index is 314. The highest BCUT2D eigenvalue weighted by Crippen LogP contribution is 2.23. The molecular weight excluding hydrogens is 249 g/mol. The van der Waals surface area contributed by atoms with Crippen molar-refractivity contribution in [1.29, 1.82) is 0 Å². The summed E-state index contributed by atoms with van der Waals surface area (Å²) in [5.74, 6) is 0. The van der Waals surface area contributed by atoms with E-state index >= 15 is 0 Å². The van der Waals surface area contributed by atoms with Gasteiger partial charge in [-0.25, -0.2) is 0 Å². The molecule has 1 aromatic rings. The molecular formula is C11H15Cl2NO2. The Morgan fingerprint density at radius 2 is 2.00 bits per heavy atom. The van der Waals surface area contributed by atoms with E-state index in [1.165, 1.54) is 0 Å². The van der Waals surface area contributed by atoms with Crippen LogP contribution >= 0.6 is 23.2 Å². The summed E-state index contributed by atoms with van der Waals surface area (Å²) in [6.45, 7) is 1.28. The van der Waals surface area contributed by atoms with E-state index in [9.17, 15) is 5.11 Å². The maximum Gasteiger partial charge on any atom is 0.0897 e. The van der Waals surface area contributed by atoms with Crippen molar-refractivity contribution in [3.63, 3.8) is 0 Å². The predicted octanol–water partition coefficient (Wildman–Crippen LogP) is 2.09. The molecule has 0 saturated carbocycles. The van der Waals surface area contributed by atoms with E-state index in [1.54, 1.807) is 25.3 Å². The first-order valence-electron chi connectivity index (χ1n) is 4.95. The van der Waals surface area contributed by atoms with E-state index in [-0.39, 0.29) is 0 Å². The molecule has 0 bridgehead atoms. The zero-order valence-corrected chi connectivity index (χ0v) is 10.6. The Hall–Kier alpha value is -0.320. The van der Waals surface area contributed by atoms with Crippen molar-refractivity contribution in [2.45, 2.75) is 12.6 Å². The number of methoxy groups -OCH3 is 1. The number of benzene rings is 1. The molecule has 0 amide bonds. The number of hydrogen-bond donors (Lipinski definition) is 2. The smallest absolute Gasteiger partial charge is 0.0897 e. The summed E-state index contributed by atoms with van der Waals surface area (Å²) in [6, 6.07) is 5.37. The summed E-state index contributed by atoms with van der Waals surface area (Å²) < 4.78 is 4.81. The minimum Gasteiger partial charge on any atom is -0.389 e. The van der Waals surface area contributed by atoms with Gasteiger partial charge in [0.1, 0.15) is 0 Å². The Morgan fingerprint density at radius 1 is 1.38 bits per heavy atom. The molecule has 1 atom stereocenters. The maximum atomic E-state index is 9.41. The van der Waals surface area contributed by atoms with Crippen LogP contribution in [0.1, 0.15) is 5.56 Å². The highest BCUT2D eigenvalue weighted by atomic mass is 35.5. The average Bonchev–Trinajstić information content (AvgIpc) is 2.23. The molecule has 3 nitrogen and oxygen atoms in total. The number of rotatable bonds is 6. The van der Waals surface area contributed by atoms with Gasteiger partial charge in [0, 0.05) is 35.8 Å². The van der Waals surface area contributed by atoms with Gasteiger partial charge in [0.15, 0.2) is 0 Å². The summed E-state index contributed by atoms with van der Waals surface area (Å²) in [6.07, 6.45) is -0.522. The topological polar surface area (TPSA) is 41.5 Å². The fraction of sp³-hybridized carbons (Fsp3) is 0.455. The molecule has 0 fully saturated rings. The second-order valence-corrected chi connectivity index (χ2v) is 4.25. The number of hydrogen-bond acceptors (Lipinski definition) is 3. The number of aliphatic hydroxyl groups excluding tert-OH is 1. The average molecular weight is 264 g/mol. The molecule has 0 aromatic heterocycles. The van der Waals surface area contributed by atoms with Crippen LogP contribution in [0.15, 0.2) is 18.2 Å². The Kier molecular flexibility index (Phi) is 6.09. The molecule has 1 unspecified atom stereocenters. The second kappa shape index (κ2) is 7.09. The first-order chi connectivity index (χ1) is 7.65. The summed E-state index contributed by atoms with van der Waals surface area (Å²) in [5, 5.41) is 13.7. The van der Waals surface area contributed by atoms with Gasteiger partial charge in [0.2, 0.25) is 0 Å². The largest absolute Gasteiger partial charge is 0.389 e. The van der Waals surface area contributed by atoms with E-state index in [0.717, 1.165) is 5.56 Å². The molecule has 0 aliphatic heterocycles. The van der Waals surface area contributed by atoms with Gasteiger partial charge in [-0.2, -0.15) is 0 Å². The zero-order chi connectivity index (χ0) is 12.0. The van der Waals surface area contributed by atoms with Crippen LogP contribution in [0.2, 0.25) is 10.0 Å². The van der Waals surface area contributed by atoms with Crippen molar-refractivity contribution in [3.8, 4) is 0 Å². The van der Waals surface area contributed by atoms with Crippen LogP contribution in [-0.4, -0.2) is 31.5 Å². The van der Waals surface area contributed by atoms with Crippen LogP contribution < -0.4 is 5.32 Å². The number of halogens is 2. The third-order valence-electron chi connectivity index (χ3n) is 2.10. The summed E-state index contributed by atoms with van der Waals surface area (Å²) in [7, 11) is 1.55. The van der Waals surface area contributed by atoms with Crippen molar-refractivity contribution in [1.82, 2.24) is 5.32 Å². The monoisotopic (exact) mass is 263 g/mol. The van der Waals surface area contributed by atoms with Crippen LogP contribution in [0, 0.1) is 0 Å². The van der Waals surface area contributed by atoms with E-state index < -0.39 is 6.10 Å². The lowest BCUT2D eigenvalue weighted by Crippen LogP contribution is -2.29. The van der Waals surface area contributed by atoms with E-state index in [2.05, 4.69) is 5.32 Å². The van der Waals surface area contributed by atoms with Crippen LogP contribution in [-0.2, 0) is 11.3 Å². The molecule has 0 aliphatic rings. The summed E-state index contributed by atoms with van der Waals surface area (Å²) in [4.78, 5) is 0. The quantitative estimate of drug-likeness (QED) is 0.826. The molecule has 0 radical (unpaired) electrons. The molecule has 0 spiro atoms. The van der Waals surface area contributed by atoms with E-state index in [1.807, 2.05) is 0 Å². The number of aliphatic hydroxyl groups is 1.